The number of nitro benzene ring substituents is 1. The molecule has 2 heterocycles. The molecular formula is C15H16N4O3S. The molecule has 1 aromatic heterocycles. The summed E-state index contributed by atoms with van der Waals surface area (Å²) in [6.07, 6.45) is 2.64. The van der Waals surface area contributed by atoms with Gasteiger partial charge in [0.25, 0.3) is 5.69 Å². The van der Waals surface area contributed by atoms with Crippen LogP contribution in [0.2, 0.25) is 0 Å². The zero-order chi connectivity index (χ0) is 16.4. The zero-order valence-electron chi connectivity index (χ0n) is 12.6. The van der Waals surface area contributed by atoms with Crippen molar-refractivity contribution in [3.8, 4) is 5.75 Å². The van der Waals surface area contributed by atoms with E-state index in [9.17, 15) is 10.1 Å². The van der Waals surface area contributed by atoms with Crippen molar-refractivity contribution in [1.29, 1.82) is 0 Å². The summed E-state index contributed by atoms with van der Waals surface area (Å²) >= 11 is 5.04. The van der Waals surface area contributed by atoms with Crippen molar-refractivity contribution in [2.75, 3.05) is 13.7 Å². The van der Waals surface area contributed by atoms with E-state index in [1.807, 2.05) is 0 Å². The van der Waals surface area contributed by atoms with Crippen LogP contribution in [0.3, 0.4) is 0 Å². The fraction of sp³-hybridized carbons (Fsp3) is 0.333. The van der Waals surface area contributed by atoms with E-state index in [4.69, 9.17) is 17.0 Å². The van der Waals surface area contributed by atoms with Gasteiger partial charge in [0, 0.05) is 61.2 Å². The smallest absolute Gasteiger partial charge is 0.270 e. The summed E-state index contributed by atoms with van der Waals surface area (Å²) < 4.78 is 5.82. The molecule has 1 aliphatic heterocycles. The van der Waals surface area contributed by atoms with E-state index in [0.717, 1.165) is 36.3 Å². The number of ether oxygens (including phenoxy) is 1. The Labute approximate surface area is 138 Å². The standard InChI is InChI=1S/C15H16N4O3S/c1-22-14-3-2-12(19(20)21)6-10(14)8-18-5-4-13-11(9-18)7-16-15(23)17-13/h2-3,6-7H,4-5,8-9H2,1H3,(H,16,17,23). The molecule has 0 radical (unpaired) electrons. The van der Waals surface area contributed by atoms with Crippen LogP contribution in [0.25, 0.3) is 0 Å². The highest BCUT2D eigenvalue weighted by atomic mass is 32.1. The largest absolute Gasteiger partial charge is 0.496 e. The summed E-state index contributed by atoms with van der Waals surface area (Å²) in [6.45, 7) is 2.15. The predicted octanol–water partition coefficient (Wildman–Crippen LogP) is 2.61. The van der Waals surface area contributed by atoms with Crippen LogP contribution in [0.5, 0.6) is 5.75 Å². The lowest BCUT2D eigenvalue weighted by Crippen LogP contribution is -2.31. The number of H-pyrrole nitrogens is 1. The molecule has 3 rings (SSSR count). The van der Waals surface area contributed by atoms with Crippen LogP contribution >= 0.6 is 12.2 Å². The number of hydrogen-bond acceptors (Lipinski definition) is 6. The Bertz CT molecular complexity index is 806. The minimum atomic E-state index is -0.390. The van der Waals surface area contributed by atoms with Gasteiger partial charge in [0.15, 0.2) is 4.77 Å². The van der Waals surface area contributed by atoms with Crippen molar-refractivity contribution in [2.24, 2.45) is 0 Å². The summed E-state index contributed by atoms with van der Waals surface area (Å²) in [7, 11) is 1.57. The molecule has 1 aromatic carbocycles. The molecule has 0 spiro atoms. The second-order valence-corrected chi connectivity index (χ2v) is 5.79. The van der Waals surface area contributed by atoms with Crippen molar-refractivity contribution < 1.29 is 9.66 Å². The van der Waals surface area contributed by atoms with Crippen LogP contribution < -0.4 is 4.74 Å². The predicted molar refractivity (Wildman–Crippen MR) is 86.9 cm³/mol. The number of nitro groups is 1. The van der Waals surface area contributed by atoms with Crippen LogP contribution in [-0.2, 0) is 19.5 Å². The van der Waals surface area contributed by atoms with Gasteiger partial charge in [-0.15, -0.1) is 0 Å². The van der Waals surface area contributed by atoms with Crippen molar-refractivity contribution in [2.45, 2.75) is 19.5 Å². The molecule has 120 valence electrons. The second kappa shape index (κ2) is 6.43. The Balaban J connectivity index is 1.82. The number of methoxy groups -OCH3 is 1. The number of nitrogens with one attached hydrogen (secondary N) is 1. The Kier molecular flexibility index (Phi) is 4.35. The van der Waals surface area contributed by atoms with E-state index in [2.05, 4.69) is 14.9 Å². The molecule has 0 unspecified atom stereocenters. The maximum Gasteiger partial charge on any atom is 0.270 e. The maximum absolute atomic E-state index is 11.0. The van der Waals surface area contributed by atoms with Gasteiger partial charge in [0.05, 0.1) is 12.0 Å². The van der Waals surface area contributed by atoms with Gasteiger partial charge >= 0.3 is 0 Å². The van der Waals surface area contributed by atoms with Crippen LogP contribution in [0, 0.1) is 14.9 Å². The molecule has 2 aromatic rings. The normalized spacial score (nSPS) is 14.3. The lowest BCUT2D eigenvalue weighted by atomic mass is 10.1. The Morgan fingerprint density at radius 3 is 3.09 bits per heavy atom. The second-order valence-electron chi connectivity index (χ2n) is 5.41. The van der Waals surface area contributed by atoms with E-state index in [1.165, 1.54) is 6.07 Å². The number of rotatable bonds is 4. The minimum Gasteiger partial charge on any atom is -0.496 e. The number of nitrogens with zero attached hydrogens (tertiary/aromatic N) is 3. The number of aromatic amines is 1. The summed E-state index contributed by atoms with van der Waals surface area (Å²) in [5.41, 5.74) is 3.10. The molecule has 0 atom stereocenters. The monoisotopic (exact) mass is 332 g/mol. The molecule has 7 nitrogen and oxygen atoms in total. The van der Waals surface area contributed by atoms with Crippen molar-refractivity contribution >= 4 is 17.9 Å². The van der Waals surface area contributed by atoms with E-state index in [1.54, 1.807) is 25.4 Å². The number of benzene rings is 1. The number of fused-ring (bicyclic) bond motifs is 1. The van der Waals surface area contributed by atoms with Crippen molar-refractivity contribution in [1.82, 2.24) is 14.9 Å². The van der Waals surface area contributed by atoms with Crippen molar-refractivity contribution in [3.63, 3.8) is 0 Å². The zero-order valence-corrected chi connectivity index (χ0v) is 13.4. The topological polar surface area (TPSA) is 84.3 Å². The van der Waals surface area contributed by atoms with Crippen LogP contribution in [-0.4, -0.2) is 33.4 Å². The van der Waals surface area contributed by atoms with Crippen LogP contribution in [0.1, 0.15) is 16.8 Å². The third-order valence-corrected chi connectivity index (χ3v) is 4.13. The average molecular weight is 332 g/mol. The summed E-state index contributed by atoms with van der Waals surface area (Å²) in [4.78, 5) is 20.0. The Hall–Kier alpha value is -2.32. The van der Waals surface area contributed by atoms with E-state index < -0.39 is 4.92 Å². The molecular weight excluding hydrogens is 316 g/mol. The fourth-order valence-corrected chi connectivity index (χ4v) is 2.96. The van der Waals surface area contributed by atoms with E-state index in [0.29, 0.717) is 17.1 Å². The minimum absolute atomic E-state index is 0.0731. The lowest BCUT2D eigenvalue weighted by molar-refractivity contribution is -0.385. The quantitative estimate of drug-likeness (QED) is 0.526. The van der Waals surface area contributed by atoms with Crippen molar-refractivity contribution in [3.05, 3.63) is 56.1 Å². The lowest BCUT2D eigenvalue weighted by Gasteiger charge is -2.28. The molecule has 0 bridgehead atoms. The Morgan fingerprint density at radius 1 is 1.52 bits per heavy atom. The van der Waals surface area contributed by atoms with Gasteiger partial charge < -0.3 is 9.72 Å². The number of hydrogen-bond donors (Lipinski definition) is 1. The van der Waals surface area contributed by atoms with Gasteiger partial charge in [0.2, 0.25) is 0 Å². The molecule has 0 fully saturated rings. The summed E-state index contributed by atoms with van der Waals surface area (Å²) in [5.74, 6) is 0.659. The summed E-state index contributed by atoms with van der Waals surface area (Å²) in [6, 6.07) is 4.67. The number of non-ortho nitro benzene ring substituents is 1. The first kappa shape index (κ1) is 15.6. The summed E-state index contributed by atoms with van der Waals surface area (Å²) in [5, 5.41) is 11.0. The number of aromatic nitrogens is 2. The van der Waals surface area contributed by atoms with Crippen LogP contribution in [0.4, 0.5) is 5.69 Å². The third-order valence-electron chi connectivity index (χ3n) is 3.92. The SMILES string of the molecule is COc1ccc([N+](=O)[O-])cc1CN1CCc2[nH]c(=S)ncc2C1. The highest BCUT2D eigenvalue weighted by Gasteiger charge is 2.20. The molecule has 0 saturated carbocycles. The van der Waals surface area contributed by atoms with Gasteiger partial charge in [-0.2, -0.15) is 0 Å². The first-order chi connectivity index (χ1) is 11.1. The highest BCUT2D eigenvalue weighted by molar-refractivity contribution is 7.71. The van der Waals surface area contributed by atoms with Gasteiger partial charge in [-0.05, 0) is 18.3 Å². The molecule has 0 amide bonds. The molecule has 0 saturated heterocycles. The average Bonchev–Trinajstić information content (AvgIpc) is 2.55. The Morgan fingerprint density at radius 2 is 2.35 bits per heavy atom. The molecule has 23 heavy (non-hydrogen) atoms. The fourth-order valence-electron chi connectivity index (χ4n) is 2.78. The van der Waals surface area contributed by atoms with Gasteiger partial charge in [-0.1, -0.05) is 0 Å². The van der Waals surface area contributed by atoms with E-state index in [-0.39, 0.29) is 5.69 Å². The third kappa shape index (κ3) is 3.38. The molecule has 0 aliphatic carbocycles. The van der Waals surface area contributed by atoms with Crippen LogP contribution in [0.15, 0.2) is 24.4 Å². The first-order valence-electron chi connectivity index (χ1n) is 7.17. The first-order valence-corrected chi connectivity index (χ1v) is 7.58. The van der Waals surface area contributed by atoms with Gasteiger partial charge in [-0.25, -0.2) is 4.98 Å². The van der Waals surface area contributed by atoms with Gasteiger partial charge in [0.1, 0.15) is 5.75 Å². The molecule has 8 heteroatoms. The molecule has 1 N–H and O–H groups in total. The highest BCUT2D eigenvalue weighted by Crippen LogP contribution is 2.27. The maximum atomic E-state index is 11.0. The van der Waals surface area contributed by atoms with E-state index >= 15 is 0 Å². The molecule has 1 aliphatic rings. The van der Waals surface area contributed by atoms with Gasteiger partial charge in [-0.3, -0.25) is 15.0 Å².